The Morgan fingerprint density at radius 3 is 2.58 bits per heavy atom. The predicted octanol–water partition coefficient (Wildman–Crippen LogP) is 2.95. The molecule has 4 nitrogen and oxygen atoms in total. The minimum Gasteiger partial charge on any atom is -0.496 e. The summed E-state index contributed by atoms with van der Waals surface area (Å²) in [4.78, 5) is 8.37. The average molecular weight is 261 g/mol. The Morgan fingerprint density at radius 2 is 1.95 bits per heavy atom. The van der Waals surface area contributed by atoms with Crippen LogP contribution in [0.4, 0.5) is 10.2 Å². The summed E-state index contributed by atoms with van der Waals surface area (Å²) < 4.78 is 19.1. The second-order valence-electron chi connectivity index (χ2n) is 4.25. The Kier molecular flexibility index (Phi) is 3.64. The third kappa shape index (κ3) is 2.50. The summed E-state index contributed by atoms with van der Waals surface area (Å²) >= 11 is 0. The van der Waals surface area contributed by atoms with Gasteiger partial charge in [0.1, 0.15) is 5.75 Å². The Hall–Kier alpha value is -2.17. The topological polar surface area (TPSA) is 47.0 Å². The number of ether oxygens (including phenoxy) is 1. The summed E-state index contributed by atoms with van der Waals surface area (Å²) in [5.41, 5.74) is 2.12. The van der Waals surface area contributed by atoms with Crippen molar-refractivity contribution in [3.8, 4) is 17.1 Å². The maximum absolute atomic E-state index is 13.7. The lowest BCUT2D eigenvalue weighted by Crippen LogP contribution is -2.04. The number of aryl methyl sites for hydroxylation is 2. The summed E-state index contributed by atoms with van der Waals surface area (Å²) in [5.74, 6) is 0.871. The molecule has 0 saturated heterocycles. The summed E-state index contributed by atoms with van der Waals surface area (Å²) in [6.45, 7) is 3.59. The van der Waals surface area contributed by atoms with Gasteiger partial charge in [-0.15, -0.1) is 0 Å². The molecule has 100 valence electrons. The second-order valence-corrected chi connectivity index (χ2v) is 4.25. The molecule has 0 amide bonds. The van der Waals surface area contributed by atoms with Gasteiger partial charge in [0.05, 0.1) is 18.4 Å². The lowest BCUT2D eigenvalue weighted by Gasteiger charge is -2.11. The maximum Gasteiger partial charge on any atom is 0.186 e. The normalized spacial score (nSPS) is 10.4. The van der Waals surface area contributed by atoms with E-state index in [-0.39, 0.29) is 5.82 Å². The van der Waals surface area contributed by atoms with E-state index in [1.54, 1.807) is 21.1 Å². The Balaban J connectivity index is 2.62. The van der Waals surface area contributed by atoms with Crippen molar-refractivity contribution in [2.75, 3.05) is 19.5 Å². The van der Waals surface area contributed by atoms with Crippen LogP contribution in [0.5, 0.6) is 5.75 Å². The highest BCUT2D eigenvalue weighted by molar-refractivity contribution is 5.66. The van der Waals surface area contributed by atoms with Crippen molar-refractivity contribution >= 4 is 5.82 Å². The number of anilines is 1. The van der Waals surface area contributed by atoms with Crippen molar-refractivity contribution in [2.24, 2.45) is 0 Å². The zero-order chi connectivity index (χ0) is 14.0. The number of aromatic nitrogens is 2. The van der Waals surface area contributed by atoms with E-state index in [2.05, 4.69) is 15.3 Å². The van der Waals surface area contributed by atoms with Crippen molar-refractivity contribution in [1.82, 2.24) is 9.97 Å². The van der Waals surface area contributed by atoms with Crippen molar-refractivity contribution < 1.29 is 9.13 Å². The monoisotopic (exact) mass is 261 g/mol. The zero-order valence-electron chi connectivity index (χ0n) is 11.4. The Morgan fingerprint density at radius 1 is 1.21 bits per heavy atom. The summed E-state index contributed by atoms with van der Waals surface area (Å²) in [7, 11) is 3.22. The van der Waals surface area contributed by atoms with Gasteiger partial charge in [0.25, 0.3) is 0 Å². The van der Waals surface area contributed by atoms with Gasteiger partial charge >= 0.3 is 0 Å². The molecule has 0 radical (unpaired) electrons. The first kappa shape index (κ1) is 13.3. The molecule has 19 heavy (non-hydrogen) atoms. The van der Waals surface area contributed by atoms with Crippen LogP contribution in [-0.2, 0) is 0 Å². The first-order valence-electron chi connectivity index (χ1n) is 5.93. The average Bonchev–Trinajstić information content (AvgIpc) is 2.41. The first-order chi connectivity index (χ1) is 9.06. The van der Waals surface area contributed by atoms with Crippen molar-refractivity contribution in [3.05, 3.63) is 35.3 Å². The van der Waals surface area contributed by atoms with Crippen LogP contribution in [0.2, 0.25) is 0 Å². The van der Waals surface area contributed by atoms with E-state index < -0.39 is 5.82 Å². The standard InChI is InChI=1S/C14H16FN3O/c1-8-5-6-10(11(7-8)19-4)13-17-9(2)12(15)14(16-3)18-13/h5-7H,1-4H3,(H,16,17,18). The predicted molar refractivity (Wildman–Crippen MR) is 73.0 cm³/mol. The molecule has 1 aromatic carbocycles. The molecule has 0 aliphatic carbocycles. The molecule has 0 spiro atoms. The van der Waals surface area contributed by atoms with Gasteiger partial charge in [0.15, 0.2) is 17.5 Å². The molecule has 0 aliphatic rings. The maximum atomic E-state index is 13.7. The fourth-order valence-corrected chi connectivity index (χ4v) is 1.83. The number of nitrogens with one attached hydrogen (secondary N) is 1. The van der Waals surface area contributed by atoms with Crippen LogP contribution in [0.15, 0.2) is 18.2 Å². The molecule has 1 aromatic heterocycles. The molecule has 5 heteroatoms. The van der Waals surface area contributed by atoms with E-state index in [1.807, 2.05) is 25.1 Å². The lowest BCUT2D eigenvalue weighted by atomic mass is 10.1. The Labute approximate surface area is 111 Å². The van der Waals surface area contributed by atoms with E-state index in [9.17, 15) is 4.39 Å². The zero-order valence-corrected chi connectivity index (χ0v) is 11.4. The Bertz CT molecular complexity index is 614. The number of methoxy groups -OCH3 is 1. The summed E-state index contributed by atoms with van der Waals surface area (Å²) in [6.07, 6.45) is 0. The molecular weight excluding hydrogens is 245 g/mol. The van der Waals surface area contributed by atoms with Crippen LogP contribution < -0.4 is 10.1 Å². The molecule has 0 aliphatic heterocycles. The summed E-state index contributed by atoms with van der Waals surface area (Å²) in [5, 5.41) is 2.73. The van der Waals surface area contributed by atoms with Gasteiger partial charge in [-0.25, -0.2) is 14.4 Å². The van der Waals surface area contributed by atoms with Crippen molar-refractivity contribution in [2.45, 2.75) is 13.8 Å². The number of halogens is 1. The van der Waals surface area contributed by atoms with Gasteiger partial charge in [0.2, 0.25) is 0 Å². The minimum atomic E-state index is -0.433. The highest BCUT2D eigenvalue weighted by Gasteiger charge is 2.14. The van der Waals surface area contributed by atoms with Gasteiger partial charge in [0, 0.05) is 7.05 Å². The van der Waals surface area contributed by atoms with E-state index in [0.717, 1.165) is 11.1 Å². The molecule has 1 N–H and O–H groups in total. The first-order valence-corrected chi connectivity index (χ1v) is 5.93. The van der Waals surface area contributed by atoms with Crippen LogP contribution >= 0.6 is 0 Å². The molecule has 0 saturated carbocycles. The number of rotatable bonds is 3. The fourth-order valence-electron chi connectivity index (χ4n) is 1.83. The van der Waals surface area contributed by atoms with Crippen LogP contribution in [0, 0.1) is 19.7 Å². The molecule has 1 heterocycles. The second kappa shape index (κ2) is 5.22. The van der Waals surface area contributed by atoms with E-state index in [0.29, 0.717) is 17.3 Å². The molecule has 0 unspecified atom stereocenters. The fraction of sp³-hybridized carbons (Fsp3) is 0.286. The number of hydrogen-bond acceptors (Lipinski definition) is 4. The summed E-state index contributed by atoms with van der Waals surface area (Å²) in [6, 6.07) is 5.72. The largest absolute Gasteiger partial charge is 0.496 e. The van der Waals surface area contributed by atoms with Gasteiger partial charge in [-0.2, -0.15) is 0 Å². The molecule has 2 aromatic rings. The number of hydrogen-bond donors (Lipinski definition) is 1. The van der Waals surface area contributed by atoms with E-state index in [1.165, 1.54) is 0 Å². The van der Waals surface area contributed by atoms with Crippen molar-refractivity contribution in [3.63, 3.8) is 0 Å². The molecular formula is C14H16FN3O. The smallest absolute Gasteiger partial charge is 0.186 e. The molecule has 2 rings (SSSR count). The van der Waals surface area contributed by atoms with Crippen LogP contribution in [0.3, 0.4) is 0 Å². The van der Waals surface area contributed by atoms with Gasteiger partial charge in [-0.05, 0) is 31.5 Å². The van der Waals surface area contributed by atoms with E-state index in [4.69, 9.17) is 4.74 Å². The van der Waals surface area contributed by atoms with Crippen LogP contribution in [0.1, 0.15) is 11.3 Å². The third-order valence-electron chi connectivity index (χ3n) is 2.85. The molecule has 0 atom stereocenters. The van der Waals surface area contributed by atoms with Crippen molar-refractivity contribution in [1.29, 1.82) is 0 Å². The third-order valence-corrected chi connectivity index (χ3v) is 2.85. The minimum absolute atomic E-state index is 0.185. The van der Waals surface area contributed by atoms with Gasteiger partial charge in [-0.3, -0.25) is 0 Å². The van der Waals surface area contributed by atoms with Crippen LogP contribution in [-0.4, -0.2) is 24.1 Å². The molecule has 0 fully saturated rings. The quantitative estimate of drug-likeness (QED) is 0.922. The number of benzene rings is 1. The van der Waals surface area contributed by atoms with E-state index >= 15 is 0 Å². The highest BCUT2D eigenvalue weighted by Crippen LogP contribution is 2.30. The molecule has 0 bridgehead atoms. The number of nitrogens with zero attached hydrogens (tertiary/aromatic N) is 2. The van der Waals surface area contributed by atoms with Gasteiger partial charge in [-0.1, -0.05) is 6.07 Å². The highest BCUT2D eigenvalue weighted by atomic mass is 19.1. The van der Waals surface area contributed by atoms with Crippen LogP contribution in [0.25, 0.3) is 11.4 Å². The van der Waals surface area contributed by atoms with Gasteiger partial charge < -0.3 is 10.1 Å². The SMILES string of the molecule is CNc1nc(-c2ccc(C)cc2OC)nc(C)c1F. The lowest BCUT2D eigenvalue weighted by molar-refractivity contribution is 0.416.